The Hall–Kier alpha value is -3.17. The van der Waals surface area contributed by atoms with E-state index in [0.717, 1.165) is 50.2 Å². The van der Waals surface area contributed by atoms with Crippen molar-refractivity contribution in [3.05, 3.63) is 64.8 Å². The van der Waals surface area contributed by atoms with Crippen molar-refractivity contribution in [2.75, 3.05) is 26.2 Å². The summed E-state index contributed by atoms with van der Waals surface area (Å²) < 4.78 is 5.76. The molecule has 2 N–H and O–H groups in total. The average molecular weight is 507 g/mol. The maximum absolute atomic E-state index is 12.9. The predicted octanol–water partition coefficient (Wildman–Crippen LogP) is 4.03. The first-order valence-electron chi connectivity index (χ1n) is 12.5. The van der Waals surface area contributed by atoms with Gasteiger partial charge in [0.2, 0.25) is 5.88 Å². The smallest absolute Gasteiger partial charge is 0.320 e. The summed E-state index contributed by atoms with van der Waals surface area (Å²) >= 11 is 6.15. The lowest BCUT2D eigenvalue weighted by molar-refractivity contribution is -0.0602. The molecule has 2 saturated heterocycles. The van der Waals surface area contributed by atoms with Crippen LogP contribution in [0.5, 0.6) is 11.6 Å². The Morgan fingerprint density at radius 3 is 2.53 bits per heavy atom. The number of amides is 2. The Labute approximate surface area is 213 Å². The van der Waals surface area contributed by atoms with E-state index in [0.29, 0.717) is 47.4 Å². The molecule has 186 valence electrons. The number of benzene rings is 1. The van der Waals surface area contributed by atoms with Crippen LogP contribution in [0.15, 0.2) is 42.6 Å². The van der Waals surface area contributed by atoms with E-state index in [4.69, 9.17) is 16.3 Å². The number of aromatic amines is 1. The van der Waals surface area contributed by atoms with Crippen LogP contribution < -0.4 is 4.74 Å². The molecule has 2 aliphatic heterocycles. The van der Waals surface area contributed by atoms with Crippen molar-refractivity contribution in [2.45, 2.75) is 43.1 Å². The van der Waals surface area contributed by atoms with Crippen LogP contribution in [0.1, 0.15) is 54.7 Å². The molecule has 4 fully saturated rings. The topological polar surface area (TPSA) is 107 Å². The third kappa shape index (κ3) is 3.72. The quantitative estimate of drug-likeness (QED) is 0.541. The minimum atomic E-state index is -0.774. The number of rotatable bonds is 5. The lowest BCUT2D eigenvalue weighted by Crippen LogP contribution is -2.67. The third-order valence-electron chi connectivity index (χ3n) is 8.17. The van der Waals surface area contributed by atoms with E-state index in [1.54, 1.807) is 12.1 Å². The number of carbonyl (C=O) groups excluding carboxylic acids is 1. The zero-order valence-electron chi connectivity index (χ0n) is 19.7. The fraction of sp³-hybridized carbons (Fsp3) is 0.462. The molecule has 36 heavy (non-hydrogen) atoms. The molecular formula is C26H27ClN6O3. The number of ether oxygens (including phenoxy) is 1. The zero-order valence-corrected chi connectivity index (χ0v) is 20.5. The number of carbonyl (C=O) groups is 1. The molecule has 2 aliphatic carbocycles. The van der Waals surface area contributed by atoms with Crippen LogP contribution in [0.4, 0.5) is 4.79 Å². The van der Waals surface area contributed by atoms with Crippen LogP contribution in [0.2, 0.25) is 5.02 Å². The second kappa shape index (κ2) is 7.91. The summed E-state index contributed by atoms with van der Waals surface area (Å²) in [6.07, 6.45) is 5.36. The van der Waals surface area contributed by atoms with Crippen molar-refractivity contribution in [1.82, 2.24) is 30.0 Å². The van der Waals surface area contributed by atoms with E-state index in [2.05, 4.69) is 20.2 Å². The molecule has 1 spiro atoms. The number of hydrogen-bond donors (Lipinski definition) is 2. The summed E-state index contributed by atoms with van der Waals surface area (Å²) in [5.41, 5.74) is 0.550. The summed E-state index contributed by atoms with van der Waals surface area (Å²) in [6, 6.07) is 11.3. The molecule has 10 heteroatoms. The molecule has 0 radical (unpaired) electrons. The van der Waals surface area contributed by atoms with Gasteiger partial charge < -0.3 is 24.6 Å². The van der Waals surface area contributed by atoms with Gasteiger partial charge in [0, 0.05) is 55.7 Å². The molecule has 3 aromatic rings. The normalized spacial score (nSPS) is 22.1. The van der Waals surface area contributed by atoms with Gasteiger partial charge in [0.25, 0.3) is 0 Å². The largest absolute Gasteiger partial charge is 0.437 e. The zero-order chi connectivity index (χ0) is 24.5. The summed E-state index contributed by atoms with van der Waals surface area (Å²) in [7, 11) is 0. The van der Waals surface area contributed by atoms with Gasteiger partial charge in [-0.1, -0.05) is 29.8 Å². The summed E-state index contributed by atoms with van der Waals surface area (Å²) in [6.45, 7) is 3.04. The minimum Gasteiger partial charge on any atom is -0.437 e. The van der Waals surface area contributed by atoms with Crippen molar-refractivity contribution in [3.8, 4) is 11.6 Å². The van der Waals surface area contributed by atoms with Crippen LogP contribution in [0.3, 0.4) is 0 Å². The number of urea groups is 1. The highest BCUT2D eigenvalue weighted by Gasteiger charge is 2.56. The molecule has 0 bridgehead atoms. The number of aliphatic hydroxyl groups is 1. The fourth-order valence-electron chi connectivity index (χ4n) is 5.74. The monoisotopic (exact) mass is 506 g/mol. The van der Waals surface area contributed by atoms with Gasteiger partial charge in [-0.05, 0) is 43.4 Å². The Bertz CT molecular complexity index is 1300. The Morgan fingerprint density at radius 2 is 1.83 bits per heavy atom. The molecular weight excluding hydrogens is 480 g/mol. The molecule has 7 rings (SSSR count). The van der Waals surface area contributed by atoms with Gasteiger partial charge in [0.15, 0.2) is 5.82 Å². The van der Waals surface area contributed by atoms with E-state index in [-0.39, 0.29) is 11.4 Å². The van der Waals surface area contributed by atoms with Gasteiger partial charge in [-0.25, -0.2) is 9.78 Å². The van der Waals surface area contributed by atoms with E-state index in [9.17, 15) is 9.90 Å². The lowest BCUT2D eigenvalue weighted by atomic mass is 9.57. The number of aromatic nitrogens is 4. The van der Waals surface area contributed by atoms with Gasteiger partial charge >= 0.3 is 6.03 Å². The average Bonchev–Trinajstić information content (AvgIpc) is 3.34. The van der Waals surface area contributed by atoms with E-state index in [1.807, 2.05) is 40.3 Å². The number of hydrogen-bond acceptors (Lipinski definition) is 6. The Kier molecular flexibility index (Phi) is 4.85. The van der Waals surface area contributed by atoms with Crippen LogP contribution >= 0.6 is 11.6 Å². The van der Waals surface area contributed by atoms with Gasteiger partial charge in [-0.3, -0.25) is 0 Å². The third-order valence-corrected chi connectivity index (χ3v) is 8.48. The van der Waals surface area contributed by atoms with Gasteiger partial charge in [0.05, 0.1) is 5.02 Å². The first-order chi connectivity index (χ1) is 17.4. The Balaban J connectivity index is 0.876. The molecule has 1 aromatic carbocycles. The molecule has 9 nitrogen and oxygen atoms in total. The first-order valence-corrected chi connectivity index (χ1v) is 12.9. The maximum atomic E-state index is 12.9. The number of para-hydroxylation sites is 1. The first kappa shape index (κ1) is 22.1. The highest BCUT2D eigenvalue weighted by atomic mass is 35.5. The standard InChI is InChI=1S/C26H27ClN6O3/c27-19-3-1-2-4-20(19)36-21-6-5-16(11-28-21)18-12-32(13-18)24(34)33-14-25(15-33)9-17(10-25)22-29-23(31-30-22)26(35)7-8-26/h1-6,11,17-18,35H,7-10,12-15H2,(H,29,30,31). The van der Waals surface area contributed by atoms with E-state index < -0.39 is 5.60 Å². The number of nitrogens with zero attached hydrogens (tertiary/aromatic N) is 5. The van der Waals surface area contributed by atoms with E-state index in [1.165, 1.54) is 0 Å². The van der Waals surface area contributed by atoms with Crippen molar-refractivity contribution in [3.63, 3.8) is 0 Å². The summed E-state index contributed by atoms with van der Waals surface area (Å²) in [4.78, 5) is 24.5. The minimum absolute atomic E-state index is 0.130. The highest BCUT2D eigenvalue weighted by Crippen LogP contribution is 2.56. The number of likely N-dealkylation sites (tertiary alicyclic amines) is 2. The molecule has 2 aromatic heterocycles. The number of H-pyrrole nitrogens is 1. The van der Waals surface area contributed by atoms with Crippen molar-refractivity contribution >= 4 is 17.6 Å². The molecule has 2 saturated carbocycles. The predicted molar refractivity (Wildman–Crippen MR) is 131 cm³/mol. The van der Waals surface area contributed by atoms with E-state index >= 15 is 0 Å². The Morgan fingerprint density at radius 1 is 1.06 bits per heavy atom. The SMILES string of the molecule is O=C(N1CC(c2ccc(Oc3ccccc3Cl)nc2)C1)N1CC2(CC(c3nnc(C4(O)CC4)[nH]3)C2)C1. The number of pyridine rings is 1. The molecule has 2 amide bonds. The van der Waals surface area contributed by atoms with Gasteiger partial charge in [0.1, 0.15) is 17.2 Å². The van der Waals surface area contributed by atoms with Crippen LogP contribution in [-0.2, 0) is 5.60 Å². The van der Waals surface area contributed by atoms with Crippen molar-refractivity contribution in [1.29, 1.82) is 0 Å². The molecule has 4 aliphatic rings. The molecule has 4 heterocycles. The number of halogens is 1. The fourth-order valence-corrected chi connectivity index (χ4v) is 5.91. The maximum Gasteiger partial charge on any atom is 0.320 e. The second-order valence-electron chi connectivity index (χ2n) is 10.9. The molecule has 0 unspecified atom stereocenters. The van der Waals surface area contributed by atoms with Crippen molar-refractivity contribution < 1.29 is 14.6 Å². The molecule has 0 atom stereocenters. The van der Waals surface area contributed by atoms with Gasteiger partial charge in [-0.15, -0.1) is 10.2 Å². The summed E-state index contributed by atoms with van der Waals surface area (Å²) in [5.74, 6) is 3.19. The van der Waals surface area contributed by atoms with Gasteiger partial charge in [-0.2, -0.15) is 0 Å². The van der Waals surface area contributed by atoms with Crippen LogP contribution in [-0.4, -0.2) is 67.3 Å². The number of nitrogens with one attached hydrogen (secondary N) is 1. The lowest BCUT2D eigenvalue weighted by Gasteiger charge is -2.59. The van der Waals surface area contributed by atoms with Crippen LogP contribution in [0, 0.1) is 5.41 Å². The van der Waals surface area contributed by atoms with Crippen molar-refractivity contribution in [2.24, 2.45) is 5.41 Å². The summed E-state index contributed by atoms with van der Waals surface area (Å²) in [5, 5.41) is 19.1. The second-order valence-corrected chi connectivity index (χ2v) is 11.3. The highest BCUT2D eigenvalue weighted by molar-refractivity contribution is 6.32. The van der Waals surface area contributed by atoms with Crippen LogP contribution in [0.25, 0.3) is 0 Å².